The molecule has 2 aromatic rings. The number of carboxylic acids is 1. The lowest BCUT2D eigenvalue weighted by Crippen LogP contribution is -2.24. The van der Waals surface area contributed by atoms with E-state index in [0.717, 1.165) is 5.56 Å². The number of carboxylic acid groups (broad SMARTS) is 1. The van der Waals surface area contributed by atoms with Crippen LogP contribution in [0, 0.1) is 0 Å². The van der Waals surface area contributed by atoms with Crippen molar-refractivity contribution in [2.24, 2.45) is 0 Å². The van der Waals surface area contributed by atoms with E-state index in [9.17, 15) is 19.4 Å². The van der Waals surface area contributed by atoms with Crippen LogP contribution in [0.3, 0.4) is 0 Å². The van der Waals surface area contributed by atoms with E-state index in [2.05, 4.69) is 0 Å². The molecule has 5 heteroatoms. The van der Waals surface area contributed by atoms with Crippen LogP contribution in [0.15, 0.2) is 60.7 Å². The molecule has 4 nitrogen and oxygen atoms in total. The lowest BCUT2D eigenvalue weighted by molar-refractivity contribution is -0.138. The van der Waals surface area contributed by atoms with Crippen molar-refractivity contribution in [3.63, 3.8) is 0 Å². The van der Waals surface area contributed by atoms with Crippen molar-refractivity contribution in [2.75, 3.05) is 0 Å². The molecule has 0 saturated carbocycles. The van der Waals surface area contributed by atoms with Gasteiger partial charge >= 0.3 is 5.97 Å². The Balaban J connectivity index is 2.28. The third-order valence-corrected chi connectivity index (χ3v) is 6.18. The largest absolute Gasteiger partial charge is 0.481 e. The van der Waals surface area contributed by atoms with Crippen LogP contribution in [0.25, 0.3) is 0 Å². The Morgan fingerprint density at radius 2 is 1.55 bits per heavy atom. The van der Waals surface area contributed by atoms with Crippen molar-refractivity contribution < 1.29 is 19.4 Å². The maximum atomic E-state index is 12.7. The zero-order valence-corrected chi connectivity index (χ0v) is 13.2. The summed E-state index contributed by atoms with van der Waals surface area (Å²) in [7, 11) is -3.66. The molecule has 0 heterocycles. The molecule has 2 aromatic carbocycles. The molecule has 0 aromatic heterocycles. The molecular formula is C17H19O4P. The van der Waals surface area contributed by atoms with Gasteiger partial charge in [0.25, 0.3) is 0 Å². The SMILES string of the molecule is CC(C(C(=O)O)c1ccccc1)P(=O)(O)Cc1ccccc1. The van der Waals surface area contributed by atoms with Crippen molar-refractivity contribution in [1.29, 1.82) is 0 Å². The maximum absolute atomic E-state index is 12.7. The average molecular weight is 318 g/mol. The van der Waals surface area contributed by atoms with E-state index < -0.39 is 24.9 Å². The second kappa shape index (κ2) is 6.91. The first-order valence-corrected chi connectivity index (χ1v) is 8.96. The highest BCUT2D eigenvalue weighted by Gasteiger charge is 2.38. The lowest BCUT2D eigenvalue weighted by atomic mass is 9.96. The van der Waals surface area contributed by atoms with E-state index in [-0.39, 0.29) is 6.16 Å². The molecule has 0 aliphatic heterocycles. The summed E-state index contributed by atoms with van der Waals surface area (Å²) in [5.41, 5.74) is 0.412. The molecule has 0 amide bonds. The number of rotatable bonds is 6. The Hall–Kier alpha value is -1.90. The van der Waals surface area contributed by atoms with Crippen LogP contribution < -0.4 is 0 Å². The lowest BCUT2D eigenvalue weighted by Gasteiger charge is -2.25. The van der Waals surface area contributed by atoms with E-state index in [1.165, 1.54) is 6.92 Å². The Morgan fingerprint density at radius 3 is 2.05 bits per heavy atom. The van der Waals surface area contributed by atoms with Gasteiger partial charge < -0.3 is 10.00 Å². The van der Waals surface area contributed by atoms with E-state index in [1.54, 1.807) is 54.6 Å². The molecule has 2 rings (SSSR count). The van der Waals surface area contributed by atoms with Gasteiger partial charge in [-0.05, 0) is 11.1 Å². The fourth-order valence-electron chi connectivity index (χ4n) is 2.51. The molecule has 2 N–H and O–H groups in total. The molecule has 0 radical (unpaired) electrons. The Labute approximate surface area is 129 Å². The van der Waals surface area contributed by atoms with E-state index >= 15 is 0 Å². The Kier molecular flexibility index (Phi) is 5.17. The molecular weight excluding hydrogens is 299 g/mol. The van der Waals surface area contributed by atoms with Gasteiger partial charge in [0.2, 0.25) is 7.37 Å². The molecule has 116 valence electrons. The summed E-state index contributed by atoms with van der Waals surface area (Å²) in [4.78, 5) is 22.0. The Bertz CT molecular complexity index is 670. The summed E-state index contributed by atoms with van der Waals surface area (Å²) < 4.78 is 12.7. The van der Waals surface area contributed by atoms with Gasteiger partial charge in [0.15, 0.2) is 0 Å². The van der Waals surface area contributed by atoms with Crippen LogP contribution in [-0.4, -0.2) is 21.6 Å². The minimum absolute atomic E-state index is 0.0222. The number of hydrogen-bond acceptors (Lipinski definition) is 2. The van der Waals surface area contributed by atoms with Gasteiger partial charge in [0, 0.05) is 6.16 Å². The van der Waals surface area contributed by atoms with Gasteiger partial charge in [-0.25, -0.2) is 0 Å². The second-order valence-electron chi connectivity index (χ2n) is 5.37. The fourth-order valence-corrected chi connectivity index (χ4v) is 4.30. The van der Waals surface area contributed by atoms with E-state index in [4.69, 9.17) is 0 Å². The van der Waals surface area contributed by atoms with Crippen LogP contribution >= 0.6 is 7.37 Å². The van der Waals surface area contributed by atoms with Gasteiger partial charge in [-0.15, -0.1) is 0 Å². The van der Waals surface area contributed by atoms with Crippen LogP contribution in [0.5, 0.6) is 0 Å². The predicted octanol–water partition coefficient (Wildman–Crippen LogP) is 3.71. The van der Waals surface area contributed by atoms with Gasteiger partial charge in [-0.1, -0.05) is 67.6 Å². The van der Waals surface area contributed by atoms with E-state index in [0.29, 0.717) is 5.56 Å². The van der Waals surface area contributed by atoms with Crippen LogP contribution in [0.2, 0.25) is 0 Å². The highest BCUT2D eigenvalue weighted by molar-refractivity contribution is 7.58. The normalized spacial score (nSPS) is 16.5. The number of hydrogen-bond donors (Lipinski definition) is 2. The zero-order chi connectivity index (χ0) is 16.2. The highest BCUT2D eigenvalue weighted by atomic mass is 31.2. The second-order valence-corrected chi connectivity index (χ2v) is 8.01. The molecule has 0 fully saturated rings. The van der Waals surface area contributed by atoms with Crippen LogP contribution in [0.1, 0.15) is 24.0 Å². The summed E-state index contributed by atoms with van der Waals surface area (Å²) in [5, 5.41) is 9.49. The van der Waals surface area contributed by atoms with Gasteiger partial charge in [0.05, 0.1) is 11.6 Å². The molecule has 0 aliphatic carbocycles. The van der Waals surface area contributed by atoms with Gasteiger partial charge in [-0.3, -0.25) is 9.36 Å². The molecule has 0 saturated heterocycles. The van der Waals surface area contributed by atoms with Gasteiger partial charge in [0.1, 0.15) is 0 Å². The van der Waals surface area contributed by atoms with Crippen molar-refractivity contribution >= 4 is 13.3 Å². The summed E-state index contributed by atoms with van der Waals surface area (Å²) >= 11 is 0. The maximum Gasteiger partial charge on any atom is 0.311 e. The van der Waals surface area contributed by atoms with Crippen LogP contribution in [0.4, 0.5) is 0 Å². The molecule has 0 spiro atoms. The molecule has 3 atom stereocenters. The van der Waals surface area contributed by atoms with Crippen molar-refractivity contribution in [2.45, 2.75) is 24.7 Å². The minimum atomic E-state index is -3.66. The highest BCUT2D eigenvalue weighted by Crippen LogP contribution is 2.54. The predicted molar refractivity (Wildman–Crippen MR) is 86.3 cm³/mol. The smallest absolute Gasteiger partial charge is 0.311 e. The quantitative estimate of drug-likeness (QED) is 0.796. The topological polar surface area (TPSA) is 74.6 Å². The van der Waals surface area contributed by atoms with Crippen molar-refractivity contribution in [3.05, 3.63) is 71.8 Å². The third kappa shape index (κ3) is 3.85. The minimum Gasteiger partial charge on any atom is -0.481 e. The standard InChI is InChI=1S/C17H19O4P/c1-13(16(17(18)19)15-10-6-3-7-11-15)22(20,21)12-14-8-4-2-5-9-14/h2-11,13,16H,12H2,1H3,(H,18,19)(H,20,21). The molecule has 22 heavy (non-hydrogen) atoms. The number of benzene rings is 2. The first-order valence-electron chi connectivity index (χ1n) is 7.05. The van der Waals surface area contributed by atoms with Crippen molar-refractivity contribution in [3.8, 4) is 0 Å². The Morgan fingerprint density at radius 1 is 1.05 bits per heavy atom. The van der Waals surface area contributed by atoms with Gasteiger partial charge in [-0.2, -0.15) is 0 Å². The van der Waals surface area contributed by atoms with E-state index in [1.807, 2.05) is 6.07 Å². The summed E-state index contributed by atoms with van der Waals surface area (Å²) in [6, 6.07) is 17.6. The molecule has 0 bridgehead atoms. The molecule has 3 unspecified atom stereocenters. The average Bonchev–Trinajstić information content (AvgIpc) is 2.48. The third-order valence-electron chi connectivity index (χ3n) is 3.80. The molecule has 0 aliphatic rings. The monoisotopic (exact) mass is 318 g/mol. The van der Waals surface area contributed by atoms with Crippen molar-refractivity contribution in [1.82, 2.24) is 0 Å². The summed E-state index contributed by atoms with van der Waals surface area (Å²) in [6.45, 7) is 1.54. The first kappa shape index (κ1) is 16.5. The zero-order valence-electron chi connectivity index (χ0n) is 12.3. The number of aliphatic carboxylic acids is 1. The summed E-state index contributed by atoms with van der Waals surface area (Å²) in [5.74, 6) is -2.08. The summed E-state index contributed by atoms with van der Waals surface area (Å²) in [6.07, 6.45) is -0.0222. The fraction of sp³-hybridized carbons (Fsp3) is 0.235. The van der Waals surface area contributed by atoms with Crippen LogP contribution in [-0.2, 0) is 15.5 Å². The first-order chi connectivity index (χ1) is 10.4. The number of carbonyl (C=O) groups is 1.